The SMILES string of the molecule is CCOc1ccc(C2C3=C(CCCC3=O)Nc3nc(-c4ccc(Cl)cc4)nn32)cc1. The van der Waals surface area contributed by atoms with E-state index in [4.69, 9.17) is 26.4 Å². The van der Waals surface area contributed by atoms with E-state index in [9.17, 15) is 4.79 Å². The summed E-state index contributed by atoms with van der Waals surface area (Å²) in [6, 6.07) is 15.0. The average molecular weight is 421 g/mol. The first-order valence-corrected chi connectivity index (χ1v) is 10.5. The van der Waals surface area contributed by atoms with E-state index in [1.54, 1.807) is 0 Å². The highest BCUT2D eigenvalue weighted by atomic mass is 35.5. The van der Waals surface area contributed by atoms with E-state index in [0.29, 0.717) is 29.8 Å². The van der Waals surface area contributed by atoms with Crippen LogP contribution in [0.25, 0.3) is 11.4 Å². The Morgan fingerprint density at radius 1 is 1.13 bits per heavy atom. The van der Waals surface area contributed by atoms with Crippen LogP contribution in [0.5, 0.6) is 5.75 Å². The van der Waals surface area contributed by atoms with Crippen LogP contribution in [0.1, 0.15) is 37.8 Å². The molecule has 0 spiro atoms. The summed E-state index contributed by atoms with van der Waals surface area (Å²) in [7, 11) is 0. The molecule has 1 aliphatic carbocycles. The number of ether oxygens (including phenoxy) is 1. The second-order valence-electron chi connectivity index (χ2n) is 7.41. The third-order valence-electron chi connectivity index (χ3n) is 5.48. The summed E-state index contributed by atoms with van der Waals surface area (Å²) in [6.45, 7) is 2.57. The van der Waals surface area contributed by atoms with Gasteiger partial charge in [0.25, 0.3) is 0 Å². The zero-order chi connectivity index (χ0) is 20.7. The predicted octanol–water partition coefficient (Wildman–Crippen LogP) is 5.02. The zero-order valence-corrected chi connectivity index (χ0v) is 17.3. The Morgan fingerprint density at radius 2 is 1.90 bits per heavy atom. The number of allylic oxidation sites excluding steroid dienone is 2. The second kappa shape index (κ2) is 7.61. The molecule has 3 aromatic rings. The molecule has 152 valence electrons. The lowest BCUT2D eigenvalue weighted by molar-refractivity contribution is -0.116. The van der Waals surface area contributed by atoms with Crippen LogP contribution >= 0.6 is 11.6 Å². The van der Waals surface area contributed by atoms with Crippen LogP contribution < -0.4 is 10.1 Å². The Morgan fingerprint density at radius 3 is 2.63 bits per heavy atom. The first kappa shape index (κ1) is 18.9. The summed E-state index contributed by atoms with van der Waals surface area (Å²) in [4.78, 5) is 17.6. The lowest BCUT2D eigenvalue weighted by Crippen LogP contribution is -2.31. The molecule has 0 radical (unpaired) electrons. The summed E-state index contributed by atoms with van der Waals surface area (Å²) < 4.78 is 7.40. The van der Waals surface area contributed by atoms with Crippen LogP contribution in [0.3, 0.4) is 0 Å². The molecule has 30 heavy (non-hydrogen) atoms. The summed E-state index contributed by atoms with van der Waals surface area (Å²) in [5.41, 5.74) is 3.59. The van der Waals surface area contributed by atoms with Crippen molar-refractivity contribution in [3.63, 3.8) is 0 Å². The quantitative estimate of drug-likeness (QED) is 0.641. The maximum absolute atomic E-state index is 12.9. The van der Waals surface area contributed by atoms with Crippen LogP contribution in [-0.4, -0.2) is 27.2 Å². The molecule has 0 saturated heterocycles. The van der Waals surface area contributed by atoms with Crippen molar-refractivity contribution in [2.45, 2.75) is 32.2 Å². The largest absolute Gasteiger partial charge is 0.494 e. The Labute approximate surface area is 179 Å². The maximum Gasteiger partial charge on any atom is 0.226 e. The minimum atomic E-state index is -0.312. The molecular formula is C23H21ClN4O2. The molecule has 5 rings (SSSR count). The lowest BCUT2D eigenvalue weighted by atomic mass is 9.85. The number of hydrogen-bond acceptors (Lipinski definition) is 5. The van der Waals surface area contributed by atoms with E-state index in [2.05, 4.69) is 5.32 Å². The van der Waals surface area contributed by atoms with Crippen molar-refractivity contribution in [3.8, 4) is 17.1 Å². The lowest BCUT2D eigenvalue weighted by Gasteiger charge is -2.32. The number of fused-ring (bicyclic) bond motifs is 1. The first-order chi connectivity index (χ1) is 14.6. The van der Waals surface area contributed by atoms with Crippen molar-refractivity contribution in [1.82, 2.24) is 14.8 Å². The fourth-order valence-corrected chi connectivity index (χ4v) is 4.22. The average Bonchev–Trinajstić information content (AvgIpc) is 3.17. The molecule has 1 aromatic heterocycles. The molecule has 1 atom stereocenters. The Balaban J connectivity index is 1.62. The molecule has 0 amide bonds. The van der Waals surface area contributed by atoms with Gasteiger partial charge in [-0.05, 0) is 61.7 Å². The highest BCUT2D eigenvalue weighted by Crippen LogP contribution is 2.41. The Kier molecular flexibility index (Phi) is 4.79. The van der Waals surface area contributed by atoms with Gasteiger partial charge < -0.3 is 10.1 Å². The van der Waals surface area contributed by atoms with Crippen molar-refractivity contribution in [1.29, 1.82) is 0 Å². The number of anilines is 1. The molecule has 0 saturated carbocycles. The van der Waals surface area contributed by atoms with Crippen LogP contribution in [0.15, 0.2) is 59.8 Å². The highest BCUT2D eigenvalue weighted by molar-refractivity contribution is 6.30. The molecule has 0 fully saturated rings. The summed E-state index contributed by atoms with van der Waals surface area (Å²) in [6.07, 6.45) is 2.23. The number of hydrogen-bond donors (Lipinski definition) is 1. The smallest absolute Gasteiger partial charge is 0.226 e. The van der Waals surface area contributed by atoms with Crippen molar-refractivity contribution in [2.75, 3.05) is 11.9 Å². The number of benzene rings is 2. The topological polar surface area (TPSA) is 69.0 Å². The van der Waals surface area contributed by atoms with Gasteiger partial charge >= 0.3 is 0 Å². The minimum absolute atomic E-state index is 0.164. The van der Waals surface area contributed by atoms with Gasteiger partial charge in [-0.15, -0.1) is 5.10 Å². The number of carbonyl (C=O) groups is 1. The summed E-state index contributed by atoms with van der Waals surface area (Å²) in [5.74, 6) is 2.21. The number of nitrogens with one attached hydrogen (secondary N) is 1. The molecule has 1 aliphatic heterocycles. The van der Waals surface area contributed by atoms with Crippen LogP contribution in [-0.2, 0) is 4.79 Å². The van der Waals surface area contributed by atoms with Gasteiger partial charge in [0.15, 0.2) is 11.6 Å². The number of ketones is 1. The minimum Gasteiger partial charge on any atom is -0.494 e. The first-order valence-electron chi connectivity index (χ1n) is 10.1. The Bertz CT molecular complexity index is 1130. The van der Waals surface area contributed by atoms with Gasteiger partial charge in [-0.2, -0.15) is 4.98 Å². The van der Waals surface area contributed by atoms with Crippen molar-refractivity contribution < 1.29 is 9.53 Å². The normalized spacial score (nSPS) is 17.9. The molecule has 2 aliphatic rings. The number of Topliss-reactive ketones (excluding diaryl/α,β-unsaturated/α-hetero) is 1. The Hall–Kier alpha value is -3.12. The number of halogens is 1. The maximum atomic E-state index is 12.9. The van der Waals surface area contributed by atoms with Crippen molar-refractivity contribution >= 4 is 23.3 Å². The molecule has 7 heteroatoms. The van der Waals surface area contributed by atoms with E-state index in [1.807, 2.05) is 60.1 Å². The van der Waals surface area contributed by atoms with E-state index in [0.717, 1.165) is 41.0 Å². The third kappa shape index (κ3) is 3.27. The monoisotopic (exact) mass is 420 g/mol. The number of aromatic nitrogens is 3. The van der Waals surface area contributed by atoms with Crippen molar-refractivity contribution in [2.24, 2.45) is 0 Å². The molecule has 1 N–H and O–H groups in total. The molecular weight excluding hydrogens is 400 g/mol. The van der Waals surface area contributed by atoms with Crippen LogP contribution in [0.4, 0.5) is 5.95 Å². The van der Waals surface area contributed by atoms with Gasteiger partial charge in [0.05, 0.1) is 6.61 Å². The second-order valence-corrected chi connectivity index (χ2v) is 7.85. The fraction of sp³-hybridized carbons (Fsp3) is 0.261. The van der Waals surface area contributed by atoms with Gasteiger partial charge in [-0.1, -0.05) is 23.7 Å². The van der Waals surface area contributed by atoms with E-state index < -0.39 is 0 Å². The number of rotatable bonds is 4. The highest BCUT2D eigenvalue weighted by Gasteiger charge is 2.36. The van der Waals surface area contributed by atoms with Gasteiger partial charge in [-0.25, -0.2) is 4.68 Å². The van der Waals surface area contributed by atoms with Gasteiger partial charge in [0.2, 0.25) is 5.95 Å². The molecule has 6 nitrogen and oxygen atoms in total. The predicted molar refractivity (Wildman–Crippen MR) is 116 cm³/mol. The third-order valence-corrected chi connectivity index (χ3v) is 5.73. The van der Waals surface area contributed by atoms with Crippen LogP contribution in [0.2, 0.25) is 5.02 Å². The van der Waals surface area contributed by atoms with Gasteiger partial charge in [0.1, 0.15) is 11.8 Å². The molecule has 2 aromatic carbocycles. The summed E-state index contributed by atoms with van der Waals surface area (Å²) in [5, 5.41) is 8.80. The summed E-state index contributed by atoms with van der Waals surface area (Å²) >= 11 is 6.02. The zero-order valence-electron chi connectivity index (χ0n) is 16.6. The standard InChI is InChI=1S/C23H21ClN4O2/c1-2-30-17-12-8-14(9-13-17)21-20-18(4-3-5-19(20)29)25-23-26-22(27-28(21)23)15-6-10-16(24)11-7-15/h6-13,21H,2-5H2,1H3,(H,25,26,27). The van der Waals surface area contributed by atoms with Gasteiger partial charge in [-0.3, -0.25) is 4.79 Å². The molecule has 0 bridgehead atoms. The van der Waals surface area contributed by atoms with Crippen LogP contribution in [0, 0.1) is 0 Å². The fourth-order valence-electron chi connectivity index (χ4n) is 4.10. The van der Waals surface area contributed by atoms with E-state index in [-0.39, 0.29) is 11.8 Å². The van der Waals surface area contributed by atoms with E-state index >= 15 is 0 Å². The van der Waals surface area contributed by atoms with Crippen molar-refractivity contribution in [3.05, 3.63) is 70.4 Å². The van der Waals surface area contributed by atoms with Gasteiger partial charge in [0, 0.05) is 28.3 Å². The number of carbonyl (C=O) groups excluding carboxylic acids is 1. The molecule has 2 heterocycles. The van der Waals surface area contributed by atoms with E-state index in [1.165, 1.54) is 0 Å². The molecule has 1 unspecified atom stereocenters. The number of nitrogens with zero attached hydrogens (tertiary/aromatic N) is 3.